The highest BCUT2D eigenvalue weighted by atomic mass is 127. The van der Waals surface area contributed by atoms with Crippen LogP contribution < -0.4 is 0 Å². The highest BCUT2D eigenvalue weighted by Crippen LogP contribution is 2.32. The minimum Gasteiger partial charge on any atom is -0.272 e. The lowest BCUT2D eigenvalue weighted by Gasteiger charge is -2.04. The standard InChI is InChI=1S/C12H9BrINO2S/c1-6-8(13)3-7(4-9(6)14)5-10-11(16)15(2)12(17)18-10/h3-5H,1-2H3/b10-5-. The van der Waals surface area contributed by atoms with E-state index in [1.54, 1.807) is 6.08 Å². The normalized spacial score (nSPS) is 18.0. The smallest absolute Gasteiger partial charge is 0.272 e. The molecule has 2 amide bonds. The monoisotopic (exact) mass is 437 g/mol. The second-order valence-corrected chi connectivity index (χ2v) is 6.86. The number of nitrogens with zero attached hydrogens (tertiary/aromatic N) is 1. The van der Waals surface area contributed by atoms with Crippen LogP contribution in [0.5, 0.6) is 0 Å². The van der Waals surface area contributed by atoms with E-state index in [2.05, 4.69) is 38.5 Å². The van der Waals surface area contributed by atoms with Gasteiger partial charge in [-0.15, -0.1) is 0 Å². The van der Waals surface area contributed by atoms with E-state index in [9.17, 15) is 9.59 Å². The highest BCUT2D eigenvalue weighted by Gasteiger charge is 2.31. The molecule has 6 heteroatoms. The van der Waals surface area contributed by atoms with Crippen LogP contribution in [0.1, 0.15) is 11.1 Å². The van der Waals surface area contributed by atoms with E-state index < -0.39 is 0 Å². The predicted octanol–water partition coefficient (Wildman–Crippen LogP) is 4.03. The Hall–Kier alpha value is -0.340. The van der Waals surface area contributed by atoms with Crippen molar-refractivity contribution in [2.75, 3.05) is 7.05 Å². The molecule has 1 heterocycles. The molecular weight excluding hydrogens is 429 g/mol. The third-order valence-electron chi connectivity index (χ3n) is 2.59. The van der Waals surface area contributed by atoms with Crippen molar-refractivity contribution in [3.05, 3.63) is 36.2 Å². The zero-order valence-electron chi connectivity index (χ0n) is 9.66. The summed E-state index contributed by atoms with van der Waals surface area (Å²) in [5, 5.41) is -0.230. The third kappa shape index (κ3) is 2.65. The lowest BCUT2D eigenvalue weighted by atomic mass is 10.1. The van der Waals surface area contributed by atoms with Crippen molar-refractivity contribution in [2.24, 2.45) is 0 Å². The molecule has 1 aromatic carbocycles. The Balaban J connectivity index is 2.40. The van der Waals surface area contributed by atoms with Crippen LogP contribution in [0.15, 0.2) is 21.5 Å². The van der Waals surface area contributed by atoms with Crippen LogP contribution >= 0.6 is 50.3 Å². The number of amides is 2. The summed E-state index contributed by atoms with van der Waals surface area (Å²) >= 11 is 6.70. The van der Waals surface area contributed by atoms with Crippen LogP contribution in [0, 0.1) is 10.5 Å². The fraction of sp³-hybridized carbons (Fsp3) is 0.167. The van der Waals surface area contributed by atoms with Crippen molar-refractivity contribution in [1.29, 1.82) is 0 Å². The maximum absolute atomic E-state index is 11.8. The Morgan fingerprint density at radius 3 is 2.56 bits per heavy atom. The summed E-state index contributed by atoms with van der Waals surface area (Å²) in [7, 11) is 1.49. The maximum Gasteiger partial charge on any atom is 0.293 e. The van der Waals surface area contributed by atoms with Crippen molar-refractivity contribution in [3.63, 3.8) is 0 Å². The molecule has 0 bridgehead atoms. The van der Waals surface area contributed by atoms with Gasteiger partial charge in [0.05, 0.1) is 4.91 Å². The van der Waals surface area contributed by atoms with E-state index in [1.165, 1.54) is 7.05 Å². The molecule has 0 atom stereocenters. The van der Waals surface area contributed by atoms with Gasteiger partial charge in [-0.1, -0.05) is 15.9 Å². The molecular formula is C12H9BrINO2S. The fourth-order valence-corrected chi connectivity index (χ4v) is 3.77. The van der Waals surface area contributed by atoms with Gasteiger partial charge in [-0.25, -0.2) is 0 Å². The number of thioether (sulfide) groups is 1. The Labute approximate surface area is 131 Å². The number of halogens is 2. The van der Waals surface area contributed by atoms with Crippen molar-refractivity contribution in [3.8, 4) is 0 Å². The van der Waals surface area contributed by atoms with Crippen molar-refractivity contribution in [2.45, 2.75) is 6.92 Å². The first kappa shape index (κ1) is 14.1. The second-order valence-electron chi connectivity index (χ2n) is 3.85. The lowest BCUT2D eigenvalue weighted by molar-refractivity contribution is -0.121. The van der Waals surface area contributed by atoms with Gasteiger partial charge in [0, 0.05) is 15.1 Å². The molecule has 94 valence electrons. The van der Waals surface area contributed by atoms with E-state index in [-0.39, 0.29) is 11.1 Å². The minimum atomic E-state index is -0.239. The van der Waals surface area contributed by atoms with Crippen LogP contribution in [-0.4, -0.2) is 23.1 Å². The molecule has 1 aliphatic heterocycles. The molecule has 1 fully saturated rings. The molecule has 2 rings (SSSR count). The Bertz CT molecular complexity index is 562. The van der Waals surface area contributed by atoms with E-state index in [4.69, 9.17) is 0 Å². The summed E-state index contributed by atoms with van der Waals surface area (Å²) in [4.78, 5) is 24.7. The molecule has 0 spiro atoms. The third-order valence-corrected chi connectivity index (χ3v) is 5.49. The maximum atomic E-state index is 11.8. The van der Waals surface area contributed by atoms with Crippen LogP contribution in [0.2, 0.25) is 0 Å². The SMILES string of the molecule is Cc1c(Br)cc(/C=C2\SC(=O)N(C)C2=O)cc1I. The van der Waals surface area contributed by atoms with Crippen molar-refractivity contribution >= 4 is 67.5 Å². The first-order chi connectivity index (χ1) is 8.40. The van der Waals surface area contributed by atoms with Gasteiger partial charge in [0.25, 0.3) is 11.1 Å². The summed E-state index contributed by atoms with van der Waals surface area (Å²) < 4.78 is 2.11. The van der Waals surface area contributed by atoms with E-state index >= 15 is 0 Å². The number of carbonyl (C=O) groups excluding carboxylic acids is 2. The predicted molar refractivity (Wildman–Crippen MR) is 85.3 cm³/mol. The van der Waals surface area contributed by atoms with Gasteiger partial charge >= 0.3 is 0 Å². The molecule has 3 nitrogen and oxygen atoms in total. The number of rotatable bonds is 1. The average Bonchev–Trinajstić information content (AvgIpc) is 2.54. The molecule has 0 N–H and O–H groups in total. The number of hydrogen-bond acceptors (Lipinski definition) is 3. The molecule has 0 saturated carbocycles. The number of carbonyl (C=O) groups is 2. The Morgan fingerprint density at radius 1 is 1.39 bits per heavy atom. The van der Waals surface area contributed by atoms with Gasteiger partial charge in [-0.3, -0.25) is 14.5 Å². The van der Waals surface area contributed by atoms with E-state index in [0.29, 0.717) is 4.91 Å². The highest BCUT2D eigenvalue weighted by molar-refractivity contribution is 14.1. The van der Waals surface area contributed by atoms with Crippen molar-refractivity contribution < 1.29 is 9.59 Å². The summed E-state index contributed by atoms with van der Waals surface area (Å²) in [6.45, 7) is 2.02. The Morgan fingerprint density at radius 2 is 2.06 bits per heavy atom. The molecule has 1 aromatic rings. The number of benzene rings is 1. The van der Waals surface area contributed by atoms with Gasteiger partial charge < -0.3 is 0 Å². The molecule has 0 radical (unpaired) electrons. The number of likely N-dealkylation sites (N-methyl/N-ethyl adjacent to an activating group) is 1. The quantitative estimate of drug-likeness (QED) is 0.491. The van der Waals surface area contributed by atoms with E-state index in [0.717, 1.165) is 35.8 Å². The lowest BCUT2D eigenvalue weighted by Crippen LogP contribution is -2.22. The van der Waals surface area contributed by atoms with Crippen molar-refractivity contribution in [1.82, 2.24) is 4.90 Å². The molecule has 18 heavy (non-hydrogen) atoms. The van der Waals surface area contributed by atoms with Gasteiger partial charge in [-0.2, -0.15) is 0 Å². The second kappa shape index (κ2) is 5.34. The Kier molecular flexibility index (Phi) is 4.18. The van der Waals surface area contributed by atoms with Crippen LogP contribution in [0.25, 0.3) is 6.08 Å². The topological polar surface area (TPSA) is 37.4 Å². The number of imide groups is 1. The molecule has 0 aromatic heterocycles. The zero-order valence-corrected chi connectivity index (χ0v) is 14.2. The fourth-order valence-electron chi connectivity index (χ4n) is 1.45. The molecule has 0 aliphatic carbocycles. The minimum absolute atomic E-state index is 0.230. The largest absolute Gasteiger partial charge is 0.293 e. The van der Waals surface area contributed by atoms with Crippen LogP contribution in [-0.2, 0) is 4.79 Å². The van der Waals surface area contributed by atoms with Gasteiger partial charge in [-0.05, 0) is 70.6 Å². The first-order valence-electron chi connectivity index (χ1n) is 5.07. The summed E-state index contributed by atoms with van der Waals surface area (Å²) in [5.74, 6) is -0.239. The first-order valence-corrected chi connectivity index (χ1v) is 7.76. The summed E-state index contributed by atoms with van der Waals surface area (Å²) in [6, 6.07) is 3.94. The van der Waals surface area contributed by atoms with E-state index in [1.807, 2.05) is 19.1 Å². The van der Waals surface area contributed by atoms with Gasteiger partial charge in [0.1, 0.15) is 0 Å². The molecule has 1 saturated heterocycles. The van der Waals surface area contributed by atoms with Crippen LogP contribution in [0.4, 0.5) is 4.79 Å². The molecule has 0 unspecified atom stereocenters. The zero-order chi connectivity index (χ0) is 13.4. The van der Waals surface area contributed by atoms with Gasteiger partial charge in [0.2, 0.25) is 0 Å². The number of hydrogen-bond donors (Lipinski definition) is 0. The molecule has 1 aliphatic rings. The summed E-state index contributed by atoms with van der Waals surface area (Å²) in [6.07, 6.45) is 1.75. The average molecular weight is 438 g/mol. The van der Waals surface area contributed by atoms with Crippen LogP contribution in [0.3, 0.4) is 0 Å². The van der Waals surface area contributed by atoms with Gasteiger partial charge in [0.15, 0.2) is 0 Å². The summed E-state index contributed by atoms with van der Waals surface area (Å²) in [5.41, 5.74) is 2.08.